The Morgan fingerprint density at radius 3 is 2.59 bits per heavy atom. The van der Waals surface area contributed by atoms with Crippen LogP contribution in [0.4, 0.5) is 11.4 Å². The lowest BCUT2D eigenvalue weighted by Crippen LogP contribution is -2.17. The quantitative estimate of drug-likeness (QED) is 0.652. The Morgan fingerprint density at radius 2 is 1.73 bits per heavy atom. The van der Waals surface area contributed by atoms with Gasteiger partial charge in [-0.05, 0) is 24.3 Å². The van der Waals surface area contributed by atoms with Crippen molar-refractivity contribution < 1.29 is 19.7 Å². The van der Waals surface area contributed by atoms with Gasteiger partial charge in [-0.2, -0.15) is 0 Å². The van der Waals surface area contributed by atoms with Crippen molar-refractivity contribution in [2.75, 3.05) is 25.1 Å². The van der Waals surface area contributed by atoms with Crippen LogP contribution in [-0.4, -0.2) is 36.2 Å². The second kappa shape index (κ2) is 6.26. The number of nitrogens with one attached hydrogen (secondary N) is 1. The van der Waals surface area contributed by atoms with E-state index in [1.165, 1.54) is 0 Å². The molecule has 0 fully saturated rings. The third-order valence-corrected chi connectivity index (χ3v) is 3.13. The van der Waals surface area contributed by atoms with E-state index >= 15 is 0 Å². The number of aromatic hydroxyl groups is 2. The summed E-state index contributed by atoms with van der Waals surface area (Å²) in [5, 5.41) is 21.3. The highest BCUT2D eigenvalue weighted by Gasteiger charge is 2.08. The summed E-state index contributed by atoms with van der Waals surface area (Å²) in [5.41, 5.74) is 1.73. The number of phenols is 2. The Labute approximate surface area is 127 Å². The zero-order valence-electron chi connectivity index (χ0n) is 11.8. The van der Waals surface area contributed by atoms with E-state index in [2.05, 4.69) is 10.3 Å². The van der Waals surface area contributed by atoms with Crippen molar-refractivity contribution in [3.05, 3.63) is 36.4 Å². The van der Waals surface area contributed by atoms with Gasteiger partial charge in [-0.3, -0.25) is 4.99 Å². The molecule has 6 nitrogen and oxygen atoms in total. The molecule has 0 saturated heterocycles. The van der Waals surface area contributed by atoms with Crippen molar-refractivity contribution in [2.45, 2.75) is 0 Å². The van der Waals surface area contributed by atoms with Gasteiger partial charge in [0.2, 0.25) is 0 Å². The number of anilines is 1. The summed E-state index contributed by atoms with van der Waals surface area (Å²) >= 11 is 0. The molecule has 0 atom stereocenters. The van der Waals surface area contributed by atoms with Crippen LogP contribution >= 0.6 is 0 Å². The maximum Gasteiger partial charge on any atom is 0.149 e. The molecule has 3 N–H and O–H groups in total. The van der Waals surface area contributed by atoms with Gasteiger partial charge >= 0.3 is 0 Å². The number of hydrogen-bond acceptors (Lipinski definition) is 6. The van der Waals surface area contributed by atoms with E-state index < -0.39 is 0 Å². The molecule has 2 aliphatic heterocycles. The van der Waals surface area contributed by atoms with Crippen molar-refractivity contribution >= 4 is 17.6 Å². The minimum absolute atomic E-state index is 0.209. The number of ether oxygens (including phenoxy) is 2. The molecule has 0 radical (unpaired) electrons. The number of nitrogens with zero attached hydrogens (tertiary/aromatic N) is 1. The molecule has 2 heterocycles. The summed E-state index contributed by atoms with van der Waals surface area (Å²) < 4.78 is 10.5. The minimum Gasteiger partial charge on any atom is -0.508 e. The van der Waals surface area contributed by atoms with E-state index in [1.807, 2.05) is 6.07 Å². The first-order valence-electron chi connectivity index (χ1n) is 6.90. The molecular weight excluding hydrogens is 284 g/mol. The number of fused-ring (bicyclic) bond motifs is 2. The van der Waals surface area contributed by atoms with E-state index in [0.29, 0.717) is 19.0 Å². The van der Waals surface area contributed by atoms with Crippen molar-refractivity contribution in [3.8, 4) is 23.0 Å². The Kier molecular flexibility index (Phi) is 4.00. The Bertz CT molecular complexity index is 701. The van der Waals surface area contributed by atoms with Gasteiger partial charge in [0, 0.05) is 24.9 Å². The van der Waals surface area contributed by atoms with Crippen LogP contribution in [0.2, 0.25) is 0 Å². The van der Waals surface area contributed by atoms with Crippen LogP contribution in [0.25, 0.3) is 0 Å². The first-order valence-corrected chi connectivity index (χ1v) is 6.90. The molecule has 2 aliphatic rings. The van der Waals surface area contributed by atoms with Crippen molar-refractivity contribution in [1.82, 2.24) is 0 Å². The van der Waals surface area contributed by atoms with Crippen LogP contribution in [0.15, 0.2) is 41.4 Å². The Morgan fingerprint density at radius 1 is 0.955 bits per heavy atom. The number of phenolic OH excluding ortho intramolecular Hbond substituents is 2. The maximum atomic E-state index is 9.08. The van der Waals surface area contributed by atoms with Crippen molar-refractivity contribution in [1.29, 1.82) is 0 Å². The second-order valence-electron chi connectivity index (χ2n) is 4.73. The van der Waals surface area contributed by atoms with Gasteiger partial charge in [0.15, 0.2) is 0 Å². The summed E-state index contributed by atoms with van der Waals surface area (Å²) in [7, 11) is 0. The highest BCUT2D eigenvalue weighted by molar-refractivity contribution is 5.71. The summed E-state index contributed by atoms with van der Waals surface area (Å²) in [6.45, 7) is 1.98. The van der Waals surface area contributed by atoms with E-state index in [1.54, 1.807) is 36.5 Å². The standard InChI is InChI=1S/C8H9NO2.C8H7NO2/c2*10-6-1-2-7-8(5-6)11-4-3-9-7/h1-2,5,9-10H,3-4H2;1-3,5,10H,4H2. The average Bonchev–Trinajstić information content (AvgIpc) is 2.55. The lowest BCUT2D eigenvalue weighted by atomic mass is 10.2. The van der Waals surface area contributed by atoms with Crippen molar-refractivity contribution in [2.24, 2.45) is 4.99 Å². The summed E-state index contributed by atoms with van der Waals surface area (Å²) in [4.78, 5) is 4.07. The van der Waals surface area contributed by atoms with Gasteiger partial charge in [-0.1, -0.05) is 0 Å². The average molecular weight is 300 g/mol. The third kappa shape index (κ3) is 3.22. The van der Waals surface area contributed by atoms with Crippen LogP contribution in [0.1, 0.15) is 0 Å². The molecule has 0 aromatic heterocycles. The maximum absolute atomic E-state index is 9.08. The molecule has 0 unspecified atom stereocenters. The van der Waals surface area contributed by atoms with Gasteiger partial charge in [0.25, 0.3) is 0 Å². The monoisotopic (exact) mass is 300 g/mol. The molecule has 6 heteroatoms. The molecule has 4 rings (SSSR count). The summed E-state index contributed by atoms with van der Waals surface area (Å²) in [5.74, 6) is 1.83. The van der Waals surface area contributed by atoms with Gasteiger partial charge in [0.05, 0.1) is 5.69 Å². The first-order chi connectivity index (χ1) is 10.7. The van der Waals surface area contributed by atoms with Crippen LogP contribution in [0.3, 0.4) is 0 Å². The van der Waals surface area contributed by atoms with Gasteiger partial charge in [0.1, 0.15) is 41.9 Å². The SMILES string of the molecule is Oc1ccc2c(c1)OCC=N2.Oc1ccc2c(c1)OCCN2. The predicted octanol–water partition coefficient (Wildman–Crippen LogP) is 2.68. The molecule has 114 valence electrons. The molecule has 0 saturated carbocycles. The lowest BCUT2D eigenvalue weighted by molar-refractivity contribution is 0.321. The van der Waals surface area contributed by atoms with Crippen LogP contribution in [0.5, 0.6) is 23.0 Å². The second-order valence-corrected chi connectivity index (χ2v) is 4.73. The Hall–Kier alpha value is -2.89. The van der Waals surface area contributed by atoms with Crippen LogP contribution < -0.4 is 14.8 Å². The highest BCUT2D eigenvalue weighted by Crippen LogP contribution is 2.32. The zero-order chi connectivity index (χ0) is 15.4. The first kappa shape index (κ1) is 14.1. The van der Waals surface area contributed by atoms with E-state index in [-0.39, 0.29) is 11.5 Å². The van der Waals surface area contributed by atoms with Gasteiger partial charge in [-0.25, -0.2) is 0 Å². The van der Waals surface area contributed by atoms with E-state index in [0.717, 1.165) is 23.7 Å². The largest absolute Gasteiger partial charge is 0.508 e. The number of benzene rings is 2. The minimum atomic E-state index is 0.209. The van der Waals surface area contributed by atoms with Crippen LogP contribution in [-0.2, 0) is 0 Å². The molecule has 0 amide bonds. The lowest BCUT2D eigenvalue weighted by Gasteiger charge is -2.18. The van der Waals surface area contributed by atoms with Crippen molar-refractivity contribution in [3.63, 3.8) is 0 Å². The normalized spacial score (nSPS) is 14.2. The fourth-order valence-corrected chi connectivity index (χ4v) is 2.11. The zero-order valence-corrected chi connectivity index (χ0v) is 11.8. The fraction of sp³-hybridized carbons (Fsp3) is 0.188. The smallest absolute Gasteiger partial charge is 0.149 e. The van der Waals surface area contributed by atoms with E-state index in [4.69, 9.17) is 19.7 Å². The third-order valence-electron chi connectivity index (χ3n) is 3.13. The Balaban J connectivity index is 0.000000131. The summed E-state index contributed by atoms with van der Waals surface area (Å²) in [6.07, 6.45) is 1.69. The fourth-order valence-electron chi connectivity index (χ4n) is 2.11. The number of aliphatic imine (C=N–C) groups is 1. The molecular formula is C16H16N2O4. The molecule has 2 aromatic carbocycles. The topological polar surface area (TPSA) is 83.3 Å². The highest BCUT2D eigenvalue weighted by atomic mass is 16.5. The molecule has 0 aliphatic carbocycles. The molecule has 0 bridgehead atoms. The van der Waals surface area contributed by atoms with Crippen LogP contribution in [0, 0.1) is 0 Å². The molecule has 2 aromatic rings. The van der Waals surface area contributed by atoms with E-state index in [9.17, 15) is 0 Å². The van der Waals surface area contributed by atoms with Gasteiger partial charge in [-0.15, -0.1) is 0 Å². The molecule has 22 heavy (non-hydrogen) atoms. The number of hydrogen-bond donors (Lipinski definition) is 3. The summed E-state index contributed by atoms with van der Waals surface area (Å²) in [6, 6.07) is 9.93. The number of rotatable bonds is 0. The predicted molar refractivity (Wildman–Crippen MR) is 83.8 cm³/mol. The van der Waals surface area contributed by atoms with Gasteiger partial charge < -0.3 is 25.0 Å². The molecule has 0 spiro atoms.